The Kier molecular flexibility index (Phi) is 4.72. The van der Waals surface area contributed by atoms with Gasteiger partial charge in [0, 0.05) is 17.3 Å². The van der Waals surface area contributed by atoms with Crippen LogP contribution in [-0.2, 0) is 0 Å². The van der Waals surface area contributed by atoms with E-state index < -0.39 is 0 Å². The monoisotopic (exact) mass is 289 g/mol. The fraction of sp³-hybridized carbons (Fsp3) is 0.667. The molecule has 2 aliphatic carbocycles. The third-order valence-corrected chi connectivity index (χ3v) is 6.18. The van der Waals surface area contributed by atoms with Crippen LogP contribution in [0.15, 0.2) is 24.3 Å². The molecule has 2 unspecified atom stereocenters. The van der Waals surface area contributed by atoms with Crippen LogP contribution in [0.25, 0.3) is 0 Å². The van der Waals surface area contributed by atoms with E-state index in [9.17, 15) is 0 Å². The minimum absolute atomic E-state index is 0.775. The molecule has 2 fully saturated rings. The highest BCUT2D eigenvalue weighted by Gasteiger charge is 2.33. The molecule has 1 N–H and O–H groups in total. The Labute approximate surface area is 127 Å². The molecule has 20 heavy (non-hydrogen) atoms. The van der Waals surface area contributed by atoms with E-state index in [-0.39, 0.29) is 0 Å². The summed E-state index contributed by atoms with van der Waals surface area (Å²) in [6.45, 7) is 4.45. The highest BCUT2D eigenvalue weighted by Crippen LogP contribution is 2.38. The maximum absolute atomic E-state index is 3.90. The second kappa shape index (κ2) is 6.53. The van der Waals surface area contributed by atoms with Crippen molar-refractivity contribution in [3.8, 4) is 0 Å². The molecule has 2 aliphatic rings. The average Bonchev–Trinajstić information content (AvgIpc) is 2.83. The molecule has 0 bridgehead atoms. The Balaban J connectivity index is 1.41. The zero-order valence-electron chi connectivity index (χ0n) is 12.8. The number of nitrogens with one attached hydrogen (secondary N) is 1. The molecule has 0 aromatic heterocycles. The van der Waals surface area contributed by atoms with Gasteiger partial charge in [0.2, 0.25) is 0 Å². The molecule has 2 atom stereocenters. The van der Waals surface area contributed by atoms with Crippen molar-refractivity contribution in [2.75, 3.05) is 5.75 Å². The summed E-state index contributed by atoms with van der Waals surface area (Å²) in [5, 5.41) is 4.82. The lowest BCUT2D eigenvalue weighted by molar-refractivity contribution is 0.265. The molecule has 1 nitrogen and oxygen atoms in total. The Hall–Kier alpha value is -0.470. The lowest BCUT2D eigenvalue weighted by Crippen LogP contribution is -2.44. The van der Waals surface area contributed by atoms with Crippen LogP contribution in [0.2, 0.25) is 0 Å². The van der Waals surface area contributed by atoms with Crippen molar-refractivity contribution < 1.29 is 0 Å². The third-order valence-electron chi connectivity index (χ3n) is 4.95. The van der Waals surface area contributed by atoms with Gasteiger partial charge in [-0.1, -0.05) is 36.8 Å². The molecule has 2 saturated carbocycles. The largest absolute Gasteiger partial charge is 0.311 e. The van der Waals surface area contributed by atoms with E-state index in [1.165, 1.54) is 43.4 Å². The van der Waals surface area contributed by atoms with Crippen LogP contribution in [0.1, 0.15) is 56.1 Å². The first kappa shape index (κ1) is 14.5. The van der Waals surface area contributed by atoms with Gasteiger partial charge >= 0.3 is 0 Å². The van der Waals surface area contributed by atoms with Crippen LogP contribution in [-0.4, -0.2) is 23.1 Å². The van der Waals surface area contributed by atoms with Crippen molar-refractivity contribution in [3.05, 3.63) is 35.4 Å². The summed E-state index contributed by atoms with van der Waals surface area (Å²) in [6.07, 6.45) is 6.88. The standard InChI is InChI=1S/C18H27NS/c1-3-20-18-9-8-16(12-18)19-17-10-15(11-17)14-6-4-13(2)5-7-14/h4-7,15-19H,3,8-12H2,1-2H3. The van der Waals surface area contributed by atoms with Gasteiger partial charge in [0.05, 0.1) is 0 Å². The van der Waals surface area contributed by atoms with Crippen molar-refractivity contribution >= 4 is 11.8 Å². The number of hydrogen-bond donors (Lipinski definition) is 1. The lowest BCUT2D eigenvalue weighted by Gasteiger charge is -2.38. The second-order valence-electron chi connectivity index (χ2n) is 6.53. The molecule has 0 amide bonds. The van der Waals surface area contributed by atoms with Crippen molar-refractivity contribution in [2.24, 2.45) is 0 Å². The van der Waals surface area contributed by atoms with E-state index in [0.29, 0.717) is 0 Å². The second-order valence-corrected chi connectivity index (χ2v) is 8.11. The molecule has 0 saturated heterocycles. The Morgan fingerprint density at radius 1 is 1.05 bits per heavy atom. The van der Waals surface area contributed by atoms with Gasteiger partial charge in [0.15, 0.2) is 0 Å². The zero-order chi connectivity index (χ0) is 13.9. The lowest BCUT2D eigenvalue weighted by atomic mass is 9.75. The Morgan fingerprint density at radius 2 is 1.80 bits per heavy atom. The maximum atomic E-state index is 3.90. The number of benzene rings is 1. The van der Waals surface area contributed by atoms with E-state index in [4.69, 9.17) is 0 Å². The van der Waals surface area contributed by atoms with Gasteiger partial charge in [-0.05, 0) is 56.3 Å². The average molecular weight is 289 g/mol. The first-order valence-electron chi connectivity index (χ1n) is 8.18. The highest BCUT2D eigenvalue weighted by atomic mass is 32.2. The molecular formula is C18H27NS. The van der Waals surface area contributed by atoms with Crippen molar-refractivity contribution in [3.63, 3.8) is 0 Å². The normalized spacial score (nSPS) is 33.1. The summed E-state index contributed by atoms with van der Waals surface area (Å²) in [5.74, 6) is 2.08. The molecule has 1 aromatic carbocycles. The summed E-state index contributed by atoms with van der Waals surface area (Å²) >= 11 is 2.15. The molecule has 0 spiro atoms. The zero-order valence-corrected chi connectivity index (χ0v) is 13.6. The minimum Gasteiger partial charge on any atom is -0.311 e. The Bertz CT molecular complexity index is 422. The van der Waals surface area contributed by atoms with Gasteiger partial charge in [-0.15, -0.1) is 0 Å². The molecular weight excluding hydrogens is 262 g/mol. The number of aryl methyl sites for hydroxylation is 1. The van der Waals surface area contributed by atoms with Crippen LogP contribution >= 0.6 is 11.8 Å². The van der Waals surface area contributed by atoms with Crippen LogP contribution in [0.5, 0.6) is 0 Å². The van der Waals surface area contributed by atoms with Gasteiger partial charge in [-0.2, -0.15) is 11.8 Å². The van der Waals surface area contributed by atoms with E-state index >= 15 is 0 Å². The third kappa shape index (κ3) is 3.40. The van der Waals surface area contributed by atoms with Gasteiger partial charge in [-0.3, -0.25) is 0 Å². The summed E-state index contributed by atoms with van der Waals surface area (Å²) in [7, 11) is 0. The first-order valence-corrected chi connectivity index (χ1v) is 9.23. The van der Waals surface area contributed by atoms with Crippen LogP contribution in [0, 0.1) is 6.92 Å². The van der Waals surface area contributed by atoms with Gasteiger partial charge < -0.3 is 5.32 Å². The Morgan fingerprint density at radius 3 is 2.50 bits per heavy atom. The number of hydrogen-bond acceptors (Lipinski definition) is 2. The quantitative estimate of drug-likeness (QED) is 0.856. The summed E-state index contributed by atoms with van der Waals surface area (Å²) in [4.78, 5) is 0. The van der Waals surface area contributed by atoms with Crippen molar-refractivity contribution in [1.29, 1.82) is 0 Å². The molecule has 2 heteroatoms. The smallest absolute Gasteiger partial charge is 0.00813 e. The van der Waals surface area contributed by atoms with Gasteiger partial charge in [0.1, 0.15) is 0 Å². The van der Waals surface area contributed by atoms with Crippen molar-refractivity contribution in [1.82, 2.24) is 5.32 Å². The fourth-order valence-corrected chi connectivity index (χ4v) is 4.82. The molecule has 110 valence electrons. The number of thioether (sulfide) groups is 1. The SMILES string of the molecule is CCSC1CCC(NC2CC(c3ccc(C)cc3)C2)C1. The summed E-state index contributed by atoms with van der Waals surface area (Å²) < 4.78 is 0. The molecule has 0 aliphatic heterocycles. The van der Waals surface area contributed by atoms with Crippen LogP contribution < -0.4 is 5.32 Å². The molecule has 3 rings (SSSR count). The van der Waals surface area contributed by atoms with E-state index in [2.05, 4.69) is 55.2 Å². The van der Waals surface area contributed by atoms with E-state index in [1.54, 1.807) is 5.56 Å². The van der Waals surface area contributed by atoms with Crippen molar-refractivity contribution in [2.45, 2.75) is 69.2 Å². The predicted molar refractivity (Wildman–Crippen MR) is 89.6 cm³/mol. The first-order chi connectivity index (χ1) is 9.74. The predicted octanol–water partition coefficient (Wildman–Crippen LogP) is 4.50. The number of rotatable bonds is 5. The molecule has 1 aromatic rings. The van der Waals surface area contributed by atoms with Crippen LogP contribution in [0.4, 0.5) is 0 Å². The van der Waals surface area contributed by atoms with Gasteiger partial charge in [0.25, 0.3) is 0 Å². The fourth-order valence-electron chi connectivity index (χ4n) is 3.68. The summed E-state index contributed by atoms with van der Waals surface area (Å²) in [5.41, 5.74) is 2.91. The summed E-state index contributed by atoms with van der Waals surface area (Å²) in [6, 6.07) is 10.7. The topological polar surface area (TPSA) is 12.0 Å². The van der Waals surface area contributed by atoms with Gasteiger partial charge in [-0.25, -0.2) is 0 Å². The highest BCUT2D eigenvalue weighted by molar-refractivity contribution is 7.99. The van der Waals surface area contributed by atoms with E-state index in [0.717, 1.165) is 23.3 Å². The minimum atomic E-state index is 0.775. The molecule has 0 radical (unpaired) electrons. The maximum Gasteiger partial charge on any atom is 0.00813 e. The van der Waals surface area contributed by atoms with E-state index in [1.807, 2.05) is 0 Å². The molecule has 0 heterocycles. The van der Waals surface area contributed by atoms with Crippen LogP contribution in [0.3, 0.4) is 0 Å².